The highest BCUT2D eigenvalue weighted by Crippen LogP contribution is 2.39. The molecule has 0 amide bonds. The van der Waals surface area contributed by atoms with E-state index in [1.807, 2.05) is 18.2 Å². The van der Waals surface area contributed by atoms with E-state index in [2.05, 4.69) is 6.92 Å². The molecule has 136 valence electrons. The monoisotopic (exact) mass is 336 g/mol. The van der Waals surface area contributed by atoms with Gasteiger partial charge in [0.05, 0.1) is 27.4 Å². The van der Waals surface area contributed by atoms with Gasteiger partial charge in [0.25, 0.3) is 0 Å². The SMILES string of the molecule is CCCCCCCCCOc1c(OC)cc(/C=C/CO)cc1OC. The molecule has 0 atom stereocenters. The van der Waals surface area contributed by atoms with Crippen LogP contribution in [0.15, 0.2) is 18.2 Å². The van der Waals surface area contributed by atoms with E-state index in [9.17, 15) is 0 Å². The number of unbranched alkanes of at least 4 members (excludes halogenated alkanes) is 6. The van der Waals surface area contributed by atoms with Crippen LogP contribution in [-0.2, 0) is 0 Å². The van der Waals surface area contributed by atoms with Crippen LogP contribution >= 0.6 is 0 Å². The van der Waals surface area contributed by atoms with Gasteiger partial charge in [-0.3, -0.25) is 0 Å². The van der Waals surface area contributed by atoms with Gasteiger partial charge in [-0.25, -0.2) is 0 Å². The summed E-state index contributed by atoms with van der Waals surface area (Å²) in [5.41, 5.74) is 0.904. The Labute approximate surface area is 146 Å². The van der Waals surface area contributed by atoms with Crippen LogP contribution in [0.1, 0.15) is 57.4 Å². The summed E-state index contributed by atoms with van der Waals surface area (Å²) in [6, 6.07) is 3.77. The maximum atomic E-state index is 8.90. The summed E-state index contributed by atoms with van der Waals surface area (Å²) < 4.78 is 16.8. The number of ether oxygens (including phenoxy) is 3. The van der Waals surface area contributed by atoms with Gasteiger partial charge in [0, 0.05) is 0 Å². The van der Waals surface area contributed by atoms with Gasteiger partial charge in [0.2, 0.25) is 5.75 Å². The zero-order chi connectivity index (χ0) is 17.6. The van der Waals surface area contributed by atoms with Crippen molar-refractivity contribution >= 4 is 6.08 Å². The molecule has 1 N–H and O–H groups in total. The summed E-state index contributed by atoms with van der Waals surface area (Å²) in [5.74, 6) is 1.94. The standard InChI is InChI=1S/C20H32O4/c1-4-5-6-7-8-9-10-14-24-20-18(22-2)15-17(12-11-13-21)16-19(20)23-3/h11-12,15-16,21H,4-10,13-14H2,1-3H3/b12-11+. The highest BCUT2D eigenvalue weighted by Gasteiger charge is 2.13. The molecule has 0 aliphatic heterocycles. The Morgan fingerprint density at radius 1 is 0.917 bits per heavy atom. The summed E-state index contributed by atoms with van der Waals surface area (Å²) in [4.78, 5) is 0. The van der Waals surface area contributed by atoms with Gasteiger partial charge in [0.15, 0.2) is 11.5 Å². The molecule has 0 aliphatic carbocycles. The quantitative estimate of drug-likeness (QED) is 0.524. The Bertz CT molecular complexity index is 458. The van der Waals surface area contributed by atoms with Crippen molar-refractivity contribution in [2.45, 2.75) is 51.9 Å². The smallest absolute Gasteiger partial charge is 0.203 e. The molecule has 0 heterocycles. The molecule has 0 aliphatic rings. The number of benzene rings is 1. The third-order valence-electron chi connectivity index (χ3n) is 3.89. The van der Waals surface area contributed by atoms with Crippen molar-refractivity contribution in [2.75, 3.05) is 27.4 Å². The summed E-state index contributed by atoms with van der Waals surface area (Å²) in [7, 11) is 3.24. The molecular formula is C20H32O4. The lowest BCUT2D eigenvalue weighted by atomic mass is 10.1. The average Bonchev–Trinajstić information content (AvgIpc) is 2.62. The number of aliphatic hydroxyl groups excluding tert-OH is 1. The molecule has 0 aromatic heterocycles. The number of hydrogen-bond donors (Lipinski definition) is 1. The van der Waals surface area contributed by atoms with E-state index < -0.39 is 0 Å². The minimum atomic E-state index is 0.00113. The van der Waals surface area contributed by atoms with E-state index in [1.54, 1.807) is 20.3 Å². The molecule has 0 saturated carbocycles. The van der Waals surface area contributed by atoms with Crippen molar-refractivity contribution in [2.24, 2.45) is 0 Å². The fourth-order valence-electron chi connectivity index (χ4n) is 2.56. The molecule has 4 nitrogen and oxygen atoms in total. The maximum Gasteiger partial charge on any atom is 0.203 e. The minimum Gasteiger partial charge on any atom is -0.493 e. The Hall–Kier alpha value is -1.68. The van der Waals surface area contributed by atoms with Crippen molar-refractivity contribution in [3.63, 3.8) is 0 Å². The Kier molecular flexibility index (Phi) is 10.8. The molecule has 0 radical (unpaired) electrons. The number of methoxy groups -OCH3 is 2. The van der Waals surface area contributed by atoms with Gasteiger partial charge in [-0.2, -0.15) is 0 Å². The van der Waals surface area contributed by atoms with Crippen molar-refractivity contribution in [3.05, 3.63) is 23.8 Å². The molecule has 0 saturated heterocycles. The Morgan fingerprint density at radius 2 is 1.50 bits per heavy atom. The maximum absolute atomic E-state index is 8.90. The number of hydrogen-bond acceptors (Lipinski definition) is 4. The summed E-state index contributed by atoms with van der Waals surface area (Å²) in [6.07, 6.45) is 12.2. The van der Waals surface area contributed by atoms with Gasteiger partial charge in [-0.15, -0.1) is 0 Å². The van der Waals surface area contributed by atoms with Crippen LogP contribution in [0.3, 0.4) is 0 Å². The fourth-order valence-corrected chi connectivity index (χ4v) is 2.56. The molecule has 0 bridgehead atoms. The van der Waals surface area contributed by atoms with Gasteiger partial charge in [-0.05, 0) is 24.1 Å². The largest absolute Gasteiger partial charge is 0.493 e. The highest BCUT2D eigenvalue weighted by atomic mass is 16.5. The normalized spacial score (nSPS) is 11.0. The summed E-state index contributed by atoms with van der Waals surface area (Å²) >= 11 is 0. The second-order valence-electron chi connectivity index (χ2n) is 5.81. The molecule has 0 spiro atoms. The Balaban J connectivity index is 2.55. The van der Waals surface area contributed by atoms with Gasteiger partial charge in [-0.1, -0.05) is 57.6 Å². The average molecular weight is 336 g/mol. The predicted octanol–water partition coefficient (Wildman–Crippen LogP) is 4.84. The van der Waals surface area contributed by atoms with Crippen LogP contribution in [0.2, 0.25) is 0 Å². The first-order chi connectivity index (χ1) is 11.8. The number of rotatable bonds is 13. The van der Waals surface area contributed by atoms with Crippen molar-refractivity contribution in [1.82, 2.24) is 0 Å². The Morgan fingerprint density at radius 3 is 2.04 bits per heavy atom. The minimum absolute atomic E-state index is 0.00113. The summed E-state index contributed by atoms with van der Waals surface area (Å²) in [5, 5.41) is 8.90. The van der Waals surface area contributed by atoms with Crippen LogP contribution in [0.4, 0.5) is 0 Å². The second-order valence-corrected chi connectivity index (χ2v) is 5.81. The molecule has 1 aromatic carbocycles. The van der Waals surface area contributed by atoms with Crippen molar-refractivity contribution < 1.29 is 19.3 Å². The van der Waals surface area contributed by atoms with Gasteiger partial charge in [0.1, 0.15) is 0 Å². The van der Waals surface area contributed by atoms with Gasteiger partial charge >= 0.3 is 0 Å². The molecular weight excluding hydrogens is 304 g/mol. The molecule has 1 aromatic rings. The van der Waals surface area contributed by atoms with E-state index in [4.69, 9.17) is 19.3 Å². The topological polar surface area (TPSA) is 47.9 Å². The first-order valence-corrected chi connectivity index (χ1v) is 8.93. The lowest BCUT2D eigenvalue weighted by Crippen LogP contribution is -2.02. The second kappa shape index (κ2) is 12.7. The van der Waals surface area contributed by atoms with Crippen LogP contribution in [0, 0.1) is 0 Å². The van der Waals surface area contributed by atoms with E-state index in [1.165, 1.54) is 38.5 Å². The van der Waals surface area contributed by atoms with Gasteiger partial charge < -0.3 is 19.3 Å². The molecule has 0 fully saturated rings. The molecule has 0 unspecified atom stereocenters. The van der Waals surface area contributed by atoms with E-state index >= 15 is 0 Å². The molecule has 1 rings (SSSR count). The van der Waals surface area contributed by atoms with E-state index in [0.717, 1.165) is 12.0 Å². The first-order valence-electron chi connectivity index (χ1n) is 8.93. The zero-order valence-electron chi connectivity index (χ0n) is 15.3. The first kappa shape index (κ1) is 20.4. The lowest BCUT2D eigenvalue weighted by Gasteiger charge is -2.15. The molecule has 4 heteroatoms. The summed E-state index contributed by atoms with van der Waals surface area (Å²) in [6.45, 7) is 2.90. The molecule has 24 heavy (non-hydrogen) atoms. The van der Waals surface area contributed by atoms with Crippen LogP contribution < -0.4 is 14.2 Å². The fraction of sp³-hybridized carbons (Fsp3) is 0.600. The van der Waals surface area contributed by atoms with Crippen LogP contribution in [-0.4, -0.2) is 32.5 Å². The predicted molar refractivity (Wildman–Crippen MR) is 99.2 cm³/mol. The van der Waals surface area contributed by atoms with Crippen molar-refractivity contribution in [1.29, 1.82) is 0 Å². The van der Waals surface area contributed by atoms with E-state index in [0.29, 0.717) is 23.9 Å². The van der Waals surface area contributed by atoms with E-state index in [-0.39, 0.29) is 6.61 Å². The lowest BCUT2D eigenvalue weighted by molar-refractivity contribution is 0.267. The number of aliphatic hydroxyl groups is 1. The zero-order valence-corrected chi connectivity index (χ0v) is 15.3. The third kappa shape index (κ3) is 7.26. The third-order valence-corrected chi connectivity index (χ3v) is 3.89. The van der Waals surface area contributed by atoms with Crippen LogP contribution in [0.5, 0.6) is 17.2 Å². The van der Waals surface area contributed by atoms with Crippen LogP contribution in [0.25, 0.3) is 6.08 Å². The highest BCUT2D eigenvalue weighted by molar-refractivity contribution is 5.62. The van der Waals surface area contributed by atoms with Crippen molar-refractivity contribution in [3.8, 4) is 17.2 Å².